The minimum atomic E-state index is -4.04. The van der Waals surface area contributed by atoms with Crippen molar-refractivity contribution in [2.24, 2.45) is 17.8 Å². The van der Waals surface area contributed by atoms with E-state index in [4.69, 9.17) is 0 Å². The lowest BCUT2D eigenvalue weighted by Crippen LogP contribution is -2.32. The van der Waals surface area contributed by atoms with Crippen molar-refractivity contribution >= 4 is 0 Å². The normalized spacial score (nSPS) is 32.7. The number of alkyl halides is 3. The van der Waals surface area contributed by atoms with Gasteiger partial charge in [-0.15, -0.1) is 0 Å². The number of aliphatic hydroxyl groups excluding tert-OH is 1. The van der Waals surface area contributed by atoms with E-state index in [1.807, 2.05) is 0 Å². The molecular formula is C14H23F3O. The van der Waals surface area contributed by atoms with Crippen molar-refractivity contribution in [3.8, 4) is 0 Å². The molecule has 0 saturated heterocycles. The monoisotopic (exact) mass is 264 g/mol. The van der Waals surface area contributed by atoms with Gasteiger partial charge in [-0.1, -0.05) is 25.7 Å². The van der Waals surface area contributed by atoms with Crippen LogP contribution in [0.5, 0.6) is 0 Å². The van der Waals surface area contributed by atoms with Crippen LogP contribution in [0.3, 0.4) is 0 Å². The zero-order valence-electron chi connectivity index (χ0n) is 10.8. The molecule has 2 rings (SSSR count). The first-order valence-electron chi connectivity index (χ1n) is 7.21. The Bertz CT molecular complexity index is 250. The fraction of sp³-hybridized carbons (Fsp3) is 1.00. The third kappa shape index (κ3) is 3.62. The minimum Gasteiger partial charge on any atom is -0.393 e. The van der Waals surface area contributed by atoms with Crippen LogP contribution in [-0.4, -0.2) is 17.4 Å². The maximum Gasteiger partial charge on any atom is 0.391 e. The summed E-state index contributed by atoms with van der Waals surface area (Å²) in [5, 5.41) is 10.1. The highest BCUT2D eigenvalue weighted by Gasteiger charge is 2.42. The van der Waals surface area contributed by atoms with Gasteiger partial charge in [0.1, 0.15) is 0 Å². The molecule has 0 aromatic carbocycles. The molecule has 18 heavy (non-hydrogen) atoms. The van der Waals surface area contributed by atoms with E-state index in [1.54, 1.807) is 0 Å². The molecule has 1 unspecified atom stereocenters. The van der Waals surface area contributed by atoms with Crippen molar-refractivity contribution < 1.29 is 18.3 Å². The second-order valence-corrected chi connectivity index (χ2v) is 6.11. The standard InChI is InChI=1S/C14H23F3O/c15-14(16,17)12-7-5-11(6-8-12)13(18)9-10-3-1-2-4-10/h10-13,18H,1-9H2. The zero-order chi connectivity index (χ0) is 13.2. The fourth-order valence-corrected chi connectivity index (χ4v) is 3.61. The van der Waals surface area contributed by atoms with Gasteiger partial charge in [0.25, 0.3) is 0 Å². The van der Waals surface area contributed by atoms with Gasteiger partial charge in [0.15, 0.2) is 0 Å². The predicted octanol–water partition coefficient (Wildman–Crippen LogP) is 4.30. The van der Waals surface area contributed by atoms with Gasteiger partial charge in [0, 0.05) is 0 Å². The molecule has 0 aliphatic heterocycles. The second-order valence-electron chi connectivity index (χ2n) is 6.11. The van der Waals surface area contributed by atoms with E-state index in [0.29, 0.717) is 18.8 Å². The Balaban J connectivity index is 1.74. The molecule has 0 amide bonds. The highest BCUT2D eigenvalue weighted by molar-refractivity contribution is 4.82. The summed E-state index contributed by atoms with van der Waals surface area (Å²) in [6, 6.07) is 0. The Morgan fingerprint density at radius 3 is 2.00 bits per heavy atom. The molecule has 2 fully saturated rings. The molecule has 0 spiro atoms. The minimum absolute atomic E-state index is 0.101. The van der Waals surface area contributed by atoms with E-state index in [0.717, 1.165) is 6.42 Å². The van der Waals surface area contributed by atoms with Crippen LogP contribution in [0.2, 0.25) is 0 Å². The lowest BCUT2D eigenvalue weighted by atomic mass is 9.77. The van der Waals surface area contributed by atoms with Crippen LogP contribution < -0.4 is 0 Å². The first kappa shape index (κ1) is 14.2. The topological polar surface area (TPSA) is 20.2 Å². The van der Waals surface area contributed by atoms with Crippen LogP contribution >= 0.6 is 0 Å². The van der Waals surface area contributed by atoms with Crippen molar-refractivity contribution in [3.63, 3.8) is 0 Å². The molecule has 2 saturated carbocycles. The Kier molecular flexibility index (Phi) is 4.57. The second kappa shape index (κ2) is 5.81. The van der Waals surface area contributed by atoms with E-state index < -0.39 is 12.1 Å². The highest BCUT2D eigenvalue weighted by Crippen LogP contribution is 2.41. The smallest absolute Gasteiger partial charge is 0.391 e. The summed E-state index contributed by atoms with van der Waals surface area (Å²) >= 11 is 0. The molecular weight excluding hydrogens is 241 g/mol. The molecule has 1 atom stereocenters. The van der Waals surface area contributed by atoms with Crippen LogP contribution in [0.1, 0.15) is 57.8 Å². The SMILES string of the molecule is OC(CC1CCCC1)C1CCC(C(F)(F)F)CC1. The lowest BCUT2D eigenvalue weighted by molar-refractivity contribution is -0.186. The summed E-state index contributed by atoms with van der Waals surface area (Å²) in [6.45, 7) is 0. The van der Waals surface area contributed by atoms with Crippen LogP contribution in [0.15, 0.2) is 0 Å². The summed E-state index contributed by atoms with van der Waals surface area (Å²) in [7, 11) is 0. The molecule has 2 aliphatic carbocycles. The summed E-state index contributed by atoms with van der Waals surface area (Å²) in [6.07, 6.45) is 2.76. The summed E-state index contributed by atoms with van der Waals surface area (Å²) in [5.41, 5.74) is 0. The summed E-state index contributed by atoms with van der Waals surface area (Å²) in [4.78, 5) is 0. The molecule has 106 valence electrons. The van der Waals surface area contributed by atoms with Crippen molar-refractivity contribution in [2.75, 3.05) is 0 Å². The Hall–Kier alpha value is -0.250. The average Bonchev–Trinajstić information content (AvgIpc) is 2.81. The van der Waals surface area contributed by atoms with E-state index in [-0.39, 0.29) is 24.9 Å². The first-order chi connectivity index (χ1) is 8.47. The number of aliphatic hydroxyl groups is 1. The highest BCUT2D eigenvalue weighted by atomic mass is 19.4. The van der Waals surface area contributed by atoms with Gasteiger partial charge in [0.05, 0.1) is 12.0 Å². The Labute approximate surface area is 107 Å². The lowest BCUT2D eigenvalue weighted by Gasteiger charge is -2.33. The van der Waals surface area contributed by atoms with E-state index in [1.165, 1.54) is 25.7 Å². The molecule has 0 heterocycles. The van der Waals surface area contributed by atoms with Gasteiger partial charge in [-0.25, -0.2) is 0 Å². The van der Waals surface area contributed by atoms with Gasteiger partial charge in [0.2, 0.25) is 0 Å². The third-order valence-corrected chi connectivity index (χ3v) is 4.83. The molecule has 0 aromatic rings. The number of halogens is 3. The van der Waals surface area contributed by atoms with Crippen molar-refractivity contribution in [2.45, 2.75) is 70.1 Å². The third-order valence-electron chi connectivity index (χ3n) is 4.83. The van der Waals surface area contributed by atoms with E-state index in [9.17, 15) is 18.3 Å². The molecule has 1 nitrogen and oxygen atoms in total. The van der Waals surface area contributed by atoms with Crippen molar-refractivity contribution in [3.05, 3.63) is 0 Å². The Morgan fingerprint density at radius 1 is 0.944 bits per heavy atom. The maximum absolute atomic E-state index is 12.5. The zero-order valence-corrected chi connectivity index (χ0v) is 10.8. The fourth-order valence-electron chi connectivity index (χ4n) is 3.61. The van der Waals surface area contributed by atoms with Gasteiger partial charge in [-0.2, -0.15) is 13.2 Å². The average molecular weight is 264 g/mol. The van der Waals surface area contributed by atoms with Crippen molar-refractivity contribution in [1.29, 1.82) is 0 Å². The predicted molar refractivity (Wildman–Crippen MR) is 64.1 cm³/mol. The van der Waals surface area contributed by atoms with Crippen LogP contribution in [0.4, 0.5) is 13.2 Å². The molecule has 0 radical (unpaired) electrons. The molecule has 2 aliphatic rings. The van der Waals surface area contributed by atoms with E-state index in [2.05, 4.69) is 0 Å². The van der Waals surface area contributed by atoms with Crippen LogP contribution in [0, 0.1) is 17.8 Å². The van der Waals surface area contributed by atoms with E-state index >= 15 is 0 Å². The molecule has 0 aromatic heterocycles. The Morgan fingerprint density at radius 2 is 1.50 bits per heavy atom. The largest absolute Gasteiger partial charge is 0.393 e. The van der Waals surface area contributed by atoms with Crippen LogP contribution in [-0.2, 0) is 0 Å². The molecule has 1 N–H and O–H groups in total. The maximum atomic E-state index is 12.5. The first-order valence-corrected chi connectivity index (χ1v) is 7.21. The van der Waals surface area contributed by atoms with Gasteiger partial charge in [-0.3, -0.25) is 0 Å². The number of hydrogen-bond acceptors (Lipinski definition) is 1. The van der Waals surface area contributed by atoms with Crippen LogP contribution in [0.25, 0.3) is 0 Å². The number of hydrogen-bond donors (Lipinski definition) is 1. The molecule has 4 heteroatoms. The van der Waals surface area contributed by atoms with Gasteiger partial charge in [-0.05, 0) is 43.9 Å². The van der Waals surface area contributed by atoms with Gasteiger partial charge >= 0.3 is 6.18 Å². The van der Waals surface area contributed by atoms with Crippen molar-refractivity contribution in [1.82, 2.24) is 0 Å². The summed E-state index contributed by atoms with van der Waals surface area (Å²) in [5.74, 6) is -0.419. The molecule has 0 bridgehead atoms. The van der Waals surface area contributed by atoms with Gasteiger partial charge < -0.3 is 5.11 Å². The quantitative estimate of drug-likeness (QED) is 0.806. The summed E-state index contributed by atoms with van der Waals surface area (Å²) < 4.78 is 37.6. The number of rotatable bonds is 3.